The molecule has 2 aromatic rings. The second-order valence-corrected chi connectivity index (χ2v) is 8.46. The molecule has 1 heterocycles. The molecular formula is C28H47NO. The minimum atomic E-state index is 0.241. The van der Waals surface area contributed by atoms with Gasteiger partial charge in [-0.05, 0) is 53.0 Å². The van der Waals surface area contributed by atoms with Crippen LogP contribution in [0.4, 0.5) is 5.69 Å². The van der Waals surface area contributed by atoms with E-state index in [-0.39, 0.29) is 5.41 Å². The number of fused-ring (bicyclic) bond motifs is 1. The lowest BCUT2D eigenvalue weighted by molar-refractivity contribution is 0.409. The van der Waals surface area contributed by atoms with Gasteiger partial charge in [-0.3, -0.25) is 0 Å². The van der Waals surface area contributed by atoms with E-state index in [2.05, 4.69) is 58.1 Å². The fraction of sp³-hybridized carbons (Fsp3) is 0.571. The molecule has 2 N–H and O–H groups in total. The Hall–Kier alpha value is -1.96. The van der Waals surface area contributed by atoms with Crippen molar-refractivity contribution >= 4 is 5.69 Å². The number of benzene rings is 2. The molecule has 0 amide bonds. The molecule has 0 bridgehead atoms. The molecule has 0 spiro atoms. The fourth-order valence-electron chi connectivity index (χ4n) is 3.49. The van der Waals surface area contributed by atoms with E-state index in [9.17, 15) is 0 Å². The van der Waals surface area contributed by atoms with Crippen molar-refractivity contribution < 1.29 is 5.11 Å². The van der Waals surface area contributed by atoms with Gasteiger partial charge in [0, 0.05) is 12.2 Å². The number of hydrogen-bond donors (Lipinski definition) is 2. The Kier molecular flexibility index (Phi) is 14.0. The largest absolute Gasteiger partial charge is 0.508 e. The maximum Gasteiger partial charge on any atom is 0.115 e. The lowest BCUT2D eigenvalue weighted by atomic mass is 9.78. The summed E-state index contributed by atoms with van der Waals surface area (Å²) in [6, 6.07) is 15.7. The van der Waals surface area contributed by atoms with Crippen molar-refractivity contribution in [2.24, 2.45) is 5.92 Å². The van der Waals surface area contributed by atoms with Crippen LogP contribution in [0, 0.1) is 5.92 Å². The van der Waals surface area contributed by atoms with Crippen LogP contribution in [-0.4, -0.2) is 11.7 Å². The van der Waals surface area contributed by atoms with Gasteiger partial charge in [0.15, 0.2) is 0 Å². The SMILES string of the molecule is CC.CC.CCCCC1CNc2ccc(C(C)(C)C)cc2C1C.Oc1ccccc1. The van der Waals surface area contributed by atoms with Crippen molar-refractivity contribution in [2.45, 2.75) is 92.9 Å². The van der Waals surface area contributed by atoms with E-state index in [4.69, 9.17) is 5.11 Å². The van der Waals surface area contributed by atoms with E-state index in [1.807, 2.05) is 33.8 Å². The van der Waals surface area contributed by atoms with Crippen LogP contribution in [0.25, 0.3) is 0 Å². The Bertz CT molecular complexity index is 673. The average Bonchev–Trinajstić information content (AvgIpc) is 2.76. The number of hydrogen-bond acceptors (Lipinski definition) is 2. The number of phenols is 1. The lowest BCUT2D eigenvalue weighted by Gasteiger charge is -2.34. The molecule has 0 aliphatic carbocycles. The van der Waals surface area contributed by atoms with Gasteiger partial charge in [-0.2, -0.15) is 0 Å². The molecule has 1 aliphatic rings. The van der Waals surface area contributed by atoms with E-state index in [0.29, 0.717) is 11.7 Å². The molecule has 2 unspecified atom stereocenters. The minimum Gasteiger partial charge on any atom is -0.508 e. The number of phenolic OH excluding ortho intramolecular Hbond substituents is 1. The van der Waals surface area contributed by atoms with Crippen LogP contribution in [0.5, 0.6) is 5.75 Å². The van der Waals surface area contributed by atoms with E-state index in [0.717, 1.165) is 12.5 Å². The smallest absolute Gasteiger partial charge is 0.115 e. The number of unbranched alkanes of at least 4 members (excludes halogenated alkanes) is 1. The normalized spacial score (nSPS) is 16.8. The predicted molar refractivity (Wildman–Crippen MR) is 136 cm³/mol. The van der Waals surface area contributed by atoms with Gasteiger partial charge in [0.25, 0.3) is 0 Å². The van der Waals surface area contributed by atoms with Gasteiger partial charge < -0.3 is 10.4 Å². The molecule has 3 rings (SSSR count). The van der Waals surface area contributed by atoms with Crippen molar-refractivity contribution in [3.63, 3.8) is 0 Å². The van der Waals surface area contributed by atoms with Crippen molar-refractivity contribution in [1.29, 1.82) is 0 Å². The monoisotopic (exact) mass is 413 g/mol. The maximum atomic E-state index is 8.63. The highest BCUT2D eigenvalue weighted by molar-refractivity contribution is 5.57. The fourth-order valence-corrected chi connectivity index (χ4v) is 3.49. The van der Waals surface area contributed by atoms with Gasteiger partial charge >= 0.3 is 0 Å². The highest BCUT2D eigenvalue weighted by Crippen LogP contribution is 2.39. The van der Waals surface area contributed by atoms with Crippen LogP contribution in [0.2, 0.25) is 0 Å². The topological polar surface area (TPSA) is 32.3 Å². The van der Waals surface area contributed by atoms with E-state index in [1.54, 1.807) is 24.3 Å². The number of rotatable bonds is 3. The first kappa shape index (κ1) is 28.0. The molecule has 170 valence electrons. The van der Waals surface area contributed by atoms with Gasteiger partial charge in [0.05, 0.1) is 0 Å². The molecule has 2 heteroatoms. The minimum absolute atomic E-state index is 0.241. The summed E-state index contributed by atoms with van der Waals surface area (Å²) < 4.78 is 0. The van der Waals surface area contributed by atoms with Gasteiger partial charge in [0.1, 0.15) is 5.75 Å². The van der Waals surface area contributed by atoms with Crippen molar-refractivity contribution in [1.82, 2.24) is 0 Å². The zero-order valence-electron chi connectivity index (χ0n) is 21.0. The second kappa shape index (κ2) is 14.9. The third-order valence-corrected chi connectivity index (χ3v) is 5.35. The van der Waals surface area contributed by atoms with Crippen LogP contribution in [0.15, 0.2) is 48.5 Å². The molecule has 30 heavy (non-hydrogen) atoms. The molecule has 0 fully saturated rings. The number of aromatic hydroxyl groups is 1. The van der Waals surface area contributed by atoms with Gasteiger partial charge in [-0.25, -0.2) is 0 Å². The van der Waals surface area contributed by atoms with Crippen LogP contribution in [0.1, 0.15) is 98.6 Å². The molecule has 2 aromatic carbocycles. The second-order valence-electron chi connectivity index (χ2n) is 8.46. The molecule has 2 atom stereocenters. The first-order chi connectivity index (χ1) is 14.3. The Balaban J connectivity index is 0.000000636. The Morgan fingerprint density at radius 3 is 2.03 bits per heavy atom. The van der Waals surface area contributed by atoms with Crippen LogP contribution < -0.4 is 5.32 Å². The first-order valence-electron chi connectivity index (χ1n) is 11.9. The maximum absolute atomic E-state index is 8.63. The Morgan fingerprint density at radius 2 is 1.57 bits per heavy atom. The van der Waals surface area contributed by atoms with E-state index >= 15 is 0 Å². The highest BCUT2D eigenvalue weighted by Gasteiger charge is 2.27. The van der Waals surface area contributed by atoms with Gasteiger partial charge in [-0.15, -0.1) is 0 Å². The molecular weight excluding hydrogens is 366 g/mol. The number of anilines is 1. The standard InChI is InChI=1S/C18H29N.C6H6O.2C2H6/c1-6-7-8-14-12-19-17-10-9-15(18(3,4)5)11-16(17)13(14)2;7-6-4-2-1-3-5-6;2*1-2/h9-11,13-14,19H,6-8,12H2,1-5H3;1-5,7H;2*1-2H3. The molecule has 0 saturated carbocycles. The number of para-hydroxylation sites is 1. The van der Waals surface area contributed by atoms with E-state index < -0.39 is 0 Å². The summed E-state index contributed by atoms with van der Waals surface area (Å²) in [5.74, 6) is 1.80. The highest BCUT2D eigenvalue weighted by atomic mass is 16.3. The van der Waals surface area contributed by atoms with Crippen LogP contribution in [-0.2, 0) is 5.41 Å². The van der Waals surface area contributed by atoms with Gasteiger partial charge in [-0.1, -0.05) is 105 Å². The molecule has 0 aromatic heterocycles. The third kappa shape index (κ3) is 9.24. The quantitative estimate of drug-likeness (QED) is 0.527. The summed E-state index contributed by atoms with van der Waals surface area (Å²) in [4.78, 5) is 0. The lowest BCUT2D eigenvalue weighted by Crippen LogP contribution is -2.27. The first-order valence-corrected chi connectivity index (χ1v) is 11.9. The predicted octanol–water partition coefficient (Wildman–Crippen LogP) is 8.76. The van der Waals surface area contributed by atoms with Crippen molar-refractivity contribution in [3.8, 4) is 5.75 Å². The summed E-state index contributed by atoms with van der Waals surface area (Å²) >= 11 is 0. The molecule has 0 saturated heterocycles. The summed E-state index contributed by atoms with van der Waals surface area (Å²) in [7, 11) is 0. The summed E-state index contributed by atoms with van der Waals surface area (Å²) in [6.45, 7) is 20.7. The van der Waals surface area contributed by atoms with Crippen molar-refractivity contribution in [2.75, 3.05) is 11.9 Å². The van der Waals surface area contributed by atoms with Gasteiger partial charge in [0.2, 0.25) is 0 Å². The molecule has 2 nitrogen and oxygen atoms in total. The van der Waals surface area contributed by atoms with Crippen molar-refractivity contribution in [3.05, 3.63) is 59.7 Å². The van der Waals surface area contributed by atoms with Crippen LogP contribution in [0.3, 0.4) is 0 Å². The zero-order valence-corrected chi connectivity index (χ0v) is 21.0. The summed E-state index contributed by atoms with van der Waals surface area (Å²) in [6.07, 6.45) is 4.01. The summed E-state index contributed by atoms with van der Waals surface area (Å²) in [5.41, 5.74) is 4.58. The van der Waals surface area contributed by atoms with Crippen LogP contribution >= 0.6 is 0 Å². The summed E-state index contributed by atoms with van der Waals surface area (Å²) in [5, 5.41) is 12.3. The zero-order chi connectivity index (χ0) is 23.2. The molecule has 1 aliphatic heterocycles. The third-order valence-electron chi connectivity index (χ3n) is 5.35. The Morgan fingerprint density at radius 1 is 0.967 bits per heavy atom. The van der Waals surface area contributed by atoms with E-state index in [1.165, 1.54) is 36.1 Å². The average molecular weight is 414 g/mol. The number of nitrogens with one attached hydrogen (secondary N) is 1. The molecule has 0 radical (unpaired) electrons. The Labute approximate surface area is 187 Å².